The Hall–Kier alpha value is -4.62. The summed E-state index contributed by atoms with van der Waals surface area (Å²) < 4.78 is 12.2. The van der Waals surface area contributed by atoms with Gasteiger partial charge in [0.2, 0.25) is 11.8 Å². The summed E-state index contributed by atoms with van der Waals surface area (Å²) in [5.74, 6) is 0.173. The van der Waals surface area contributed by atoms with Gasteiger partial charge in [0, 0.05) is 42.1 Å². The Labute approximate surface area is 195 Å². The molecule has 1 aliphatic carbocycles. The number of aromatic nitrogens is 2. The molecular formula is C20H28N12O2. The zero-order chi connectivity index (χ0) is 24.8. The smallest absolute Gasteiger partial charge is 0.213 e. The normalized spacial score (nSPS) is 21.6. The highest BCUT2D eigenvalue weighted by Gasteiger charge is 2.40. The molecule has 2 heterocycles. The molecule has 0 saturated heterocycles. The van der Waals surface area contributed by atoms with Gasteiger partial charge in [0.1, 0.15) is 23.9 Å². The highest BCUT2D eigenvalue weighted by atomic mass is 16.5. The second-order valence-electron chi connectivity index (χ2n) is 7.62. The number of nitrogen functional groups attached to an aromatic ring is 2. The number of rotatable bonds is 8. The van der Waals surface area contributed by atoms with Crippen molar-refractivity contribution in [1.29, 1.82) is 10.8 Å². The lowest BCUT2D eigenvalue weighted by Gasteiger charge is -2.37. The third-order valence-corrected chi connectivity index (χ3v) is 5.07. The molecule has 0 amide bonds. The van der Waals surface area contributed by atoms with Crippen LogP contribution >= 0.6 is 0 Å². The van der Waals surface area contributed by atoms with Gasteiger partial charge >= 0.3 is 0 Å². The summed E-state index contributed by atoms with van der Waals surface area (Å²) in [7, 11) is 0. The first kappa shape index (κ1) is 24.0. The third-order valence-electron chi connectivity index (χ3n) is 5.07. The number of amidine groups is 2. The van der Waals surface area contributed by atoms with Gasteiger partial charge in [-0.1, -0.05) is 0 Å². The van der Waals surface area contributed by atoms with Crippen LogP contribution < -0.4 is 43.9 Å². The summed E-state index contributed by atoms with van der Waals surface area (Å²) in [6.07, 6.45) is 2.42. The van der Waals surface area contributed by atoms with Crippen molar-refractivity contribution in [2.75, 3.05) is 0 Å². The quantitative estimate of drug-likeness (QED) is 0.161. The molecule has 0 aliphatic heterocycles. The van der Waals surface area contributed by atoms with E-state index in [1.165, 1.54) is 12.4 Å². The van der Waals surface area contributed by atoms with Crippen LogP contribution in [-0.2, 0) is 0 Å². The number of nitrogens with two attached hydrogens (primary N) is 6. The van der Waals surface area contributed by atoms with Gasteiger partial charge in [0.05, 0.1) is 12.1 Å². The molecule has 14 N–H and O–H groups in total. The van der Waals surface area contributed by atoms with E-state index in [2.05, 4.69) is 20.0 Å². The number of aliphatic imine (C=N–C) groups is 2. The molecule has 3 rings (SSSR count). The molecular weight excluding hydrogens is 440 g/mol. The van der Waals surface area contributed by atoms with E-state index in [0.717, 1.165) is 0 Å². The fourth-order valence-corrected chi connectivity index (χ4v) is 3.53. The number of hydrogen-bond acceptors (Lipinski definition) is 8. The van der Waals surface area contributed by atoms with Gasteiger partial charge in [0.15, 0.2) is 11.9 Å². The van der Waals surface area contributed by atoms with Crippen LogP contribution in [0.2, 0.25) is 0 Å². The summed E-state index contributed by atoms with van der Waals surface area (Å²) in [6.45, 7) is 0. The summed E-state index contributed by atoms with van der Waals surface area (Å²) >= 11 is 0. The molecule has 1 saturated carbocycles. The zero-order valence-corrected chi connectivity index (χ0v) is 18.3. The fraction of sp³-hybridized carbons (Fsp3) is 0.300. The molecule has 34 heavy (non-hydrogen) atoms. The predicted molar refractivity (Wildman–Crippen MR) is 128 cm³/mol. The van der Waals surface area contributed by atoms with E-state index in [9.17, 15) is 0 Å². The molecule has 14 nitrogen and oxygen atoms in total. The van der Waals surface area contributed by atoms with Gasteiger partial charge in [-0.15, -0.1) is 0 Å². The largest absolute Gasteiger partial charge is 0.472 e. The Kier molecular flexibility index (Phi) is 7.30. The molecule has 1 aliphatic rings. The first-order chi connectivity index (χ1) is 16.1. The summed E-state index contributed by atoms with van der Waals surface area (Å²) in [6, 6.07) is 5.48. The highest BCUT2D eigenvalue weighted by Crippen LogP contribution is 2.30. The van der Waals surface area contributed by atoms with E-state index in [4.69, 9.17) is 54.7 Å². The van der Waals surface area contributed by atoms with Crippen LogP contribution in [0.4, 0.5) is 0 Å². The molecule has 14 heteroatoms. The van der Waals surface area contributed by atoms with Gasteiger partial charge < -0.3 is 43.9 Å². The minimum absolute atomic E-state index is 0.105. The molecule has 4 atom stereocenters. The number of pyridine rings is 2. The van der Waals surface area contributed by atoms with Crippen LogP contribution in [0.15, 0.2) is 46.6 Å². The van der Waals surface area contributed by atoms with Crippen LogP contribution in [0.1, 0.15) is 24.0 Å². The fourth-order valence-electron chi connectivity index (χ4n) is 3.53. The van der Waals surface area contributed by atoms with Crippen molar-refractivity contribution in [3.8, 4) is 11.8 Å². The van der Waals surface area contributed by atoms with Crippen molar-refractivity contribution in [2.45, 2.75) is 37.1 Å². The van der Waals surface area contributed by atoms with Crippen molar-refractivity contribution >= 4 is 23.6 Å². The summed E-state index contributed by atoms with van der Waals surface area (Å²) in [5, 5.41) is 15.0. The van der Waals surface area contributed by atoms with Gasteiger partial charge in [0.25, 0.3) is 0 Å². The predicted octanol–water partition coefficient (Wildman–Crippen LogP) is -1.68. The highest BCUT2D eigenvalue weighted by molar-refractivity contribution is 5.95. The zero-order valence-electron chi connectivity index (χ0n) is 18.3. The van der Waals surface area contributed by atoms with Crippen molar-refractivity contribution in [3.63, 3.8) is 0 Å². The molecule has 0 radical (unpaired) electrons. The second-order valence-corrected chi connectivity index (χ2v) is 7.62. The van der Waals surface area contributed by atoms with E-state index in [1.807, 2.05) is 0 Å². The van der Waals surface area contributed by atoms with Crippen molar-refractivity contribution < 1.29 is 9.47 Å². The number of ether oxygens (including phenoxy) is 2. The van der Waals surface area contributed by atoms with E-state index in [1.54, 1.807) is 24.3 Å². The Balaban J connectivity index is 1.87. The van der Waals surface area contributed by atoms with Crippen molar-refractivity contribution in [3.05, 3.63) is 47.8 Å². The molecule has 0 unspecified atom stereocenters. The minimum Gasteiger partial charge on any atom is -0.472 e. The maximum atomic E-state index is 7.49. The molecule has 0 bridgehead atoms. The topological polar surface area (TPSA) is 273 Å². The number of nitrogens with one attached hydrogen (secondary N) is 2. The Bertz CT molecular complexity index is 990. The summed E-state index contributed by atoms with van der Waals surface area (Å²) in [4.78, 5) is 17.0. The van der Waals surface area contributed by atoms with E-state index in [0.29, 0.717) is 35.7 Å². The third kappa shape index (κ3) is 6.21. The lowest BCUT2D eigenvalue weighted by Crippen LogP contribution is -2.50. The Morgan fingerprint density at radius 3 is 1.41 bits per heavy atom. The minimum atomic E-state index is -0.537. The van der Waals surface area contributed by atoms with Crippen LogP contribution in [0.3, 0.4) is 0 Å². The lowest BCUT2D eigenvalue weighted by molar-refractivity contribution is 0.0372. The number of guanidine groups is 2. The maximum absolute atomic E-state index is 7.49. The van der Waals surface area contributed by atoms with Gasteiger partial charge in [-0.3, -0.25) is 10.8 Å². The molecule has 0 aromatic carbocycles. The monoisotopic (exact) mass is 468 g/mol. The van der Waals surface area contributed by atoms with Crippen LogP contribution in [0, 0.1) is 10.8 Å². The second kappa shape index (κ2) is 10.3. The first-order valence-corrected chi connectivity index (χ1v) is 10.2. The van der Waals surface area contributed by atoms with Crippen molar-refractivity contribution in [1.82, 2.24) is 9.97 Å². The van der Waals surface area contributed by atoms with Gasteiger partial charge in [-0.25, -0.2) is 20.0 Å². The Morgan fingerprint density at radius 1 is 0.706 bits per heavy atom. The number of nitrogens with zero attached hydrogens (tertiary/aromatic N) is 4. The van der Waals surface area contributed by atoms with Crippen LogP contribution in [-0.4, -0.2) is 57.8 Å². The molecule has 180 valence electrons. The molecule has 2 aromatic heterocycles. The average Bonchev–Trinajstić information content (AvgIpc) is 2.76. The van der Waals surface area contributed by atoms with Crippen molar-refractivity contribution in [2.24, 2.45) is 44.4 Å². The van der Waals surface area contributed by atoms with Crippen LogP contribution in [0.25, 0.3) is 0 Å². The number of hydrogen-bond donors (Lipinski definition) is 8. The van der Waals surface area contributed by atoms with Gasteiger partial charge in [-0.05, 0) is 18.6 Å². The first-order valence-electron chi connectivity index (χ1n) is 10.2. The van der Waals surface area contributed by atoms with Gasteiger partial charge in [-0.2, -0.15) is 0 Å². The van der Waals surface area contributed by atoms with E-state index < -0.39 is 24.3 Å². The SMILES string of the molecule is N=C(N)c1ccc(O[C@H]2C[C@@H](Oc3ccc(C(=N)N)cn3)[C@H](N=C(N)N)C[C@@H]2N=C(N)N)nc1. The van der Waals surface area contributed by atoms with E-state index in [-0.39, 0.29) is 23.6 Å². The van der Waals surface area contributed by atoms with E-state index >= 15 is 0 Å². The maximum Gasteiger partial charge on any atom is 0.213 e. The molecule has 2 aromatic rings. The Morgan fingerprint density at radius 2 is 1.12 bits per heavy atom. The van der Waals surface area contributed by atoms with Crippen LogP contribution in [0.5, 0.6) is 11.8 Å². The molecule has 0 spiro atoms. The average molecular weight is 469 g/mol. The summed E-state index contributed by atoms with van der Waals surface area (Å²) in [5.41, 5.74) is 34.5. The standard InChI is InChI=1S/C20H28N12O2/c21-17(22)9-1-3-15(29-7-9)33-13-6-14(34-16-4-2-10(8-30-16)18(23)24)12(32-20(27)28)5-11(13)31-19(25)26/h1-4,7-8,11-14H,5-6H2,(H3,21,22)(H3,23,24)(H4,25,26,31)(H4,27,28,32)/t11-,12+,13-,14+. The molecule has 1 fully saturated rings. The lowest BCUT2D eigenvalue weighted by atomic mass is 9.86.